The first-order chi connectivity index (χ1) is 4.30. The van der Waals surface area contributed by atoms with Crippen LogP contribution in [0.2, 0.25) is 0 Å². The van der Waals surface area contributed by atoms with Gasteiger partial charge in [-0.2, -0.15) is 0 Å². The van der Waals surface area contributed by atoms with Crippen LogP contribution in [0, 0.1) is 0 Å². The molecule has 0 atom stereocenters. The molecule has 0 aromatic carbocycles. The van der Waals surface area contributed by atoms with Gasteiger partial charge in [-0.25, -0.2) is 0 Å². The van der Waals surface area contributed by atoms with Gasteiger partial charge in [-0.3, -0.25) is 0 Å². The summed E-state index contributed by atoms with van der Waals surface area (Å²) in [6.07, 6.45) is 2.51. The molecule has 0 saturated carbocycles. The Balaban J connectivity index is 2.23. The molecule has 2 heteroatoms. The molecule has 0 aromatic rings. The summed E-state index contributed by atoms with van der Waals surface area (Å²) in [5, 5.41) is 4.28. The summed E-state index contributed by atoms with van der Waals surface area (Å²) in [4.78, 5) is 2.30. The van der Waals surface area contributed by atoms with Gasteiger partial charge < -0.3 is 10.2 Å². The number of nitrogens with zero attached hydrogens (tertiary/aromatic N) is 2. The van der Waals surface area contributed by atoms with E-state index in [9.17, 15) is 0 Å². The quantitative estimate of drug-likeness (QED) is 0.515. The van der Waals surface area contributed by atoms with Crippen molar-refractivity contribution in [2.45, 2.75) is 18.9 Å². The first-order valence-corrected chi connectivity index (χ1v) is 3.60. The molecule has 54 valence electrons. The van der Waals surface area contributed by atoms with E-state index in [1.807, 2.05) is 0 Å². The molecular weight excluding hydrogens is 112 g/mol. The maximum absolute atomic E-state index is 4.28. The fourth-order valence-electron chi connectivity index (χ4n) is 1.25. The molecule has 2 nitrogen and oxygen atoms in total. The van der Waals surface area contributed by atoms with E-state index in [4.69, 9.17) is 0 Å². The highest BCUT2D eigenvalue weighted by atomic mass is 15.1. The van der Waals surface area contributed by atoms with E-state index in [1.165, 1.54) is 12.8 Å². The van der Waals surface area contributed by atoms with E-state index >= 15 is 0 Å². The lowest BCUT2D eigenvalue weighted by Gasteiger charge is -2.35. The highest BCUT2D eigenvalue weighted by molar-refractivity contribution is 4.89. The lowest BCUT2D eigenvalue weighted by Crippen LogP contribution is -2.32. The summed E-state index contributed by atoms with van der Waals surface area (Å²) in [6, 6.07) is 0.794. The second-order valence-corrected chi connectivity index (χ2v) is 2.87. The Bertz CT molecular complexity index is 75.0. The Labute approximate surface area is 57.2 Å². The molecule has 0 amide bonds. The Kier molecular flexibility index (Phi) is 2.49. The SMILES string of the molecule is CN(C)C1CC[N-]CC1. The minimum Gasteiger partial charge on any atom is -0.662 e. The van der Waals surface area contributed by atoms with Crippen molar-refractivity contribution in [3.63, 3.8) is 0 Å². The van der Waals surface area contributed by atoms with E-state index in [0.717, 1.165) is 19.1 Å². The van der Waals surface area contributed by atoms with Crippen LogP contribution in [0.25, 0.3) is 5.32 Å². The molecule has 1 aliphatic heterocycles. The summed E-state index contributed by atoms with van der Waals surface area (Å²) in [6.45, 7) is 2.14. The minimum atomic E-state index is 0.794. The van der Waals surface area contributed by atoms with Crippen LogP contribution in [-0.4, -0.2) is 38.1 Å². The van der Waals surface area contributed by atoms with Gasteiger partial charge in [0.1, 0.15) is 0 Å². The van der Waals surface area contributed by atoms with Gasteiger partial charge in [-0.05, 0) is 14.1 Å². The lowest BCUT2D eigenvalue weighted by molar-refractivity contribution is 0.263. The Morgan fingerprint density at radius 1 is 1.22 bits per heavy atom. The third-order valence-corrected chi connectivity index (χ3v) is 1.97. The fraction of sp³-hybridized carbons (Fsp3) is 1.00. The van der Waals surface area contributed by atoms with Gasteiger partial charge in [0, 0.05) is 6.04 Å². The Morgan fingerprint density at radius 2 is 1.78 bits per heavy atom. The largest absolute Gasteiger partial charge is 0.662 e. The second-order valence-electron chi connectivity index (χ2n) is 2.87. The molecule has 0 radical (unpaired) electrons. The molecule has 1 aliphatic rings. The maximum atomic E-state index is 4.28. The maximum Gasteiger partial charge on any atom is 0.00564 e. The van der Waals surface area contributed by atoms with Crippen molar-refractivity contribution >= 4 is 0 Å². The first kappa shape index (κ1) is 7.03. The molecule has 0 aliphatic carbocycles. The summed E-state index contributed by atoms with van der Waals surface area (Å²) >= 11 is 0. The average molecular weight is 127 g/mol. The van der Waals surface area contributed by atoms with Crippen LogP contribution in [0.15, 0.2) is 0 Å². The summed E-state index contributed by atoms with van der Waals surface area (Å²) < 4.78 is 0. The van der Waals surface area contributed by atoms with Crippen molar-refractivity contribution in [1.29, 1.82) is 0 Å². The van der Waals surface area contributed by atoms with Crippen LogP contribution in [0.1, 0.15) is 12.8 Å². The molecule has 0 aromatic heterocycles. The van der Waals surface area contributed by atoms with Crippen LogP contribution >= 0.6 is 0 Å². The van der Waals surface area contributed by atoms with Gasteiger partial charge in [-0.15, -0.1) is 13.1 Å². The lowest BCUT2D eigenvalue weighted by atomic mass is 10.1. The predicted octanol–water partition coefficient (Wildman–Crippen LogP) is 1.08. The predicted molar refractivity (Wildman–Crippen MR) is 39.8 cm³/mol. The average Bonchev–Trinajstić information content (AvgIpc) is 1.90. The molecule has 0 spiro atoms. The van der Waals surface area contributed by atoms with Crippen molar-refractivity contribution < 1.29 is 0 Å². The van der Waals surface area contributed by atoms with Crippen molar-refractivity contribution in [1.82, 2.24) is 4.90 Å². The van der Waals surface area contributed by atoms with Gasteiger partial charge in [-0.1, -0.05) is 12.8 Å². The Hall–Kier alpha value is -0.0800. The first-order valence-electron chi connectivity index (χ1n) is 3.60. The highest BCUT2D eigenvalue weighted by Crippen LogP contribution is 2.13. The zero-order chi connectivity index (χ0) is 6.69. The van der Waals surface area contributed by atoms with Crippen LogP contribution in [0.5, 0.6) is 0 Å². The van der Waals surface area contributed by atoms with Crippen LogP contribution in [0.4, 0.5) is 0 Å². The van der Waals surface area contributed by atoms with Gasteiger partial charge in [0.2, 0.25) is 0 Å². The zero-order valence-electron chi connectivity index (χ0n) is 6.30. The van der Waals surface area contributed by atoms with Crippen LogP contribution in [-0.2, 0) is 0 Å². The molecule has 1 rings (SSSR count). The monoisotopic (exact) mass is 127 g/mol. The highest BCUT2D eigenvalue weighted by Gasteiger charge is 2.08. The normalized spacial score (nSPS) is 23.0. The van der Waals surface area contributed by atoms with Crippen LogP contribution < -0.4 is 0 Å². The number of piperidine rings is 1. The smallest absolute Gasteiger partial charge is 0.00564 e. The topological polar surface area (TPSA) is 17.3 Å². The zero-order valence-corrected chi connectivity index (χ0v) is 6.30. The summed E-state index contributed by atoms with van der Waals surface area (Å²) in [5.74, 6) is 0. The van der Waals surface area contributed by atoms with Crippen molar-refractivity contribution in [2.24, 2.45) is 0 Å². The summed E-state index contributed by atoms with van der Waals surface area (Å²) in [5.41, 5.74) is 0. The summed E-state index contributed by atoms with van der Waals surface area (Å²) in [7, 11) is 4.30. The fourth-order valence-corrected chi connectivity index (χ4v) is 1.25. The third-order valence-electron chi connectivity index (χ3n) is 1.97. The number of hydrogen-bond acceptors (Lipinski definition) is 1. The molecule has 0 N–H and O–H groups in total. The van der Waals surface area contributed by atoms with E-state index in [1.54, 1.807) is 0 Å². The van der Waals surface area contributed by atoms with Crippen molar-refractivity contribution in [3.05, 3.63) is 5.32 Å². The van der Waals surface area contributed by atoms with Crippen LogP contribution in [0.3, 0.4) is 0 Å². The molecule has 1 heterocycles. The standard InChI is InChI=1S/C7H15N2/c1-9(2)7-3-5-8-6-4-7/h7H,3-6H2,1-2H3/q-1. The Morgan fingerprint density at radius 3 is 2.11 bits per heavy atom. The van der Waals surface area contributed by atoms with Gasteiger partial charge >= 0.3 is 0 Å². The van der Waals surface area contributed by atoms with Crippen molar-refractivity contribution in [2.75, 3.05) is 27.2 Å². The number of rotatable bonds is 1. The molecule has 1 fully saturated rings. The molecule has 0 unspecified atom stereocenters. The van der Waals surface area contributed by atoms with E-state index in [2.05, 4.69) is 24.3 Å². The van der Waals surface area contributed by atoms with Gasteiger partial charge in [0.15, 0.2) is 0 Å². The molecular formula is C7H15N2-. The molecule has 9 heavy (non-hydrogen) atoms. The number of hydrogen-bond donors (Lipinski definition) is 0. The van der Waals surface area contributed by atoms with E-state index < -0.39 is 0 Å². The second kappa shape index (κ2) is 3.18. The molecule has 1 saturated heterocycles. The van der Waals surface area contributed by atoms with Crippen molar-refractivity contribution in [3.8, 4) is 0 Å². The van der Waals surface area contributed by atoms with Gasteiger partial charge in [0.05, 0.1) is 0 Å². The third kappa shape index (κ3) is 1.95. The van der Waals surface area contributed by atoms with E-state index in [0.29, 0.717) is 0 Å². The van der Waals surface area contributed by atoms with Gasteiger partial charge in [0.25, 0.3) is 0 Å². The minimum absolute atomic E-state index is 0.794. The van der Waals surface area contributed by atoms with E-state index in [-0.39, 0.29) is 0 Å². The molecule has 0 bridgehead atoms.